The molecule has 0 aliphatic heterocycles. The molecular weight excluding hydrogens is 451 g/mol. The van der Waals surface area contributed by atoms with Crippen molar-refractivity contribution < 1.29 is 18.0 Å². The second-order valence-corrected chi connectivity index (χ2v) is 7.73. The van der Waals surface area contributed by atoms with Crippen LogP contribution < -0.4 is 5.43 Å². The number of amides is 1. The molecule has 10 heteroatoms. The first-order chi connectivity index (χ1) is 15.8. The largest absolute Gasteiger partial charge is 0.416 e. The van der Waals surface area contributed by atoms with Crippen LogP contribution in [0.3, 0.4) is 0 Å². The van der Waals surface area contributed by atoms with Gasteiger partial charge in [0.05, 0.1) is 34.0 Å². The summed E-state index contributed by atoms with van der Waals surface area (Å²) in [4.78, 5) is 13.6. The smallest absolute Gasteiger partial charge is 0.266 e. The molecule has 4 aromatic rings. The number of alkyl halides is 3. The molecule has 4 rings (SSSR count). The average molecular weight is 465 g/mol. The minimum atomic E-state index is -4.53. The van der Waals surface area contributed by atoms with E-state index in [-0.39, 0.29) is 11.4 Å². The van der Waals surface area contributed by atoms with Gasteiger partial charge in [-0.25, -0.2) is 10.1 Å². The highest BCUT2D eigenvalue weighted by Gasteiger charge is 2.31. The lowest BCUT2D eigenvalue weighted by Gasteiger charge is -2.10. The maximum absolute atomic E-state index is 13.2. The van der Waals surface area contributed by atoms with Crippen LogP contribution in [0.2, 0.25) is 0 Å². The van der Waals surface area contributed by atoms with Crippen LogP contribution in [0.25, 0.3) is 16.3 Å². The molecule has 1 N–H and O–H groups in total. The SMILES string of the molecule is N#Cc1ccc(/C=N/NC(=O)c2cc(-c3cccs3)nn2-c2cccc(C(F)(F)F)c2)cc1. The lowest BCUT2D eigenvalue weighted by atomic mass is 10.2. The Morgan fingerprint density at radius 2 is 1.91 bits per heavy atom. The Morgan fingerprint density at radius 1 is 1.12 bits per heavy atom. The van der Waals surface area contributed by atoms with Crippen LogP contribution in [0.5, 0.6) is 0 Å². The number of nitriles is 1. The highest BCUT2D eigenvalue weighted by atomic mass is 32.1. The van der Waals surface area contributed by atoms with Gasteiger partial charge in [-0.15, -0.1) is 11.3 Å². The highest BCUT2D eigenvalue weighted by Crippen LogP contribution is 2.31. The Hall–Kier alpha value is -4.23. The van der Waals surface area contributed by atoms with Crippen LogP contribution in [0.1, 0.15) is 27.2 Å². The predicted molar refractivity (Wildman–Crippen MR) is 118 cm³/mol. The van der Waals surface area contributed by atoms with E-state index in [0.717, 1.165) is 21.7 Å². The number of nitrogens with one attached hydrogen (secondary N) is 1. The zero-order valence-electron chi connectivity index (χ0n) is 16.7. The van der Waals surface area contributed by atoms with Crippen LogP contribution in [0, 0.1) is 11.3 Å². The van der Waals surface area contributed by atoms with E-state index in [1.807, 2.05) is 17.5 Å². The molecule has 0 saturated heterocycles. The van der Waals surface area contributed by atoms with Crippen LogP contribution in [-0.2, 0) is 6.18 Å². The molecule has 0 radical (unpaired) electrons. The van der Waals surface area contributed by atoms with Gasteiger partial charge in [-0.05, 0) is 53.4 Å². The number of rotatable bonds is 5. The Morgan fingerprint density at radius 3 is 2.58 bits per heavy atom. The summed E-state index contributed by atoms with van der Waals surface area (Å²) in [6.07, 6.45) is -3.14. The number of hydrogen-bond acceptors (Lipinski definition) is 5. The molecule has 33 heavy (non-hydrogen) atoms. The molecule has 0 spiro atoms. The van der Waals surface area contributed by atoms with Crippen molar-refractivity contribution in [2.45, 2.75) is 6.18 Å². The lowest BCUT2D eigenvalue weighted by molar-refractivity contribution is -0.137. The van der Waals surface area contributed by atoms with Crippen molar-refractivity contribution in [3.63, 3.8) is 0 Å². The van der Waals surface area contributed by atoms with E-state index in [1.54, 1.807) is 30.3 Å². The Labute approximate surface area is 190 Å². The third-order valence-electron chi connectivity index (χ3n) is 4.55. The number of carbonyl (C=O) groups is 1. The first-order valence-electron chi connectivity index (χ1n) is 9.50. The third-order valence-corrected chi connectivity index (χ3v) is 5.45. The minimum absolute atomic E-state index is 0.0229. The molecule has 0 aliphatic carbocycles. The van der Waals surface area contributed by atoms with Gasteiger partial charge in [-0.3, -0.25) is 4.79 Å². The van der Waals surface area contributed by atoms with Gasteiger partial charge < -0.3 is 0 Å². The summed E-state index contributed by atoms with van der Waals surface area (Å²) in [6.45, 7) is 0. The molecule has 1 amide bonds. The maximum Gasteiger partial charge on any atom is 0.416 e. The predicted octanol–water partition coefficient (Wildman–Crippen LogP) is 5.26. The first kappa shape index (κ1) is 22.0. The van der Waals surface area contributed by atoms with Gasteiger partial charge in [0, 0.05) is 0 Å². The summed E-state index contributed by atoms with van der Waals surface area (Å²) >= 11 is 1.39. The van der Waals surface area contributed by atoms with Gasteiger partial charge in [0.2, 0.25) is 0 Å². The van der Waals surface area contributed by atoms with Crippen molar-refractivity contribution in [2.75, 3.05) is 0 Å². The summed E-state index contributed by atoms with van der Waals surface area (Å²) in [5.74, 6) is -0.646. The Balaban J connectivity index is 1.66. The maximum atomic E-state index is 13.2. The molecule has 0 bridgehead atoms. The van der Waals surface area contributed by atoms with E-state index in [4.69, 9.17) is 5.26 Å². The number of hydrogen-bond donors (Lipinski definition) is 1. The Bertz CT molecular complexity index is 1350. The number of benzene rings is 2. The zero-order chi connectivity index (χ0) is 23.4. The van der Waals surface area contributed by atoms with Gasteiger partial charge in [0.25, 0.3) is 5.91 Å². The third kappa shape index (κ3) is 4.99. The number of thiophene rings is 1. The topological polar surface area (TPSA) is 83.1 Å². The molecule has 0 saturated carbocycles. The number of carbonyl (C=O) groups excluding carboxylic acids is 1. The normalized spacial score (nSPS) is 11.5. The molecular formula is C23H14F3N5OS. The highest BCUT2D eigenvalue weighted by molar-refractivity contribution is 7.13. The van der Waals surface area contributed by atoms with Crippen LogP contribution >= 0.6 is 11.3 Å². The molecule has 0 aliphatic rings. The van der Waals surface area contributed by atoms with Crippen molar-refractivity contribution in [3.8, 4) is 22.3 Å². The first-order valence-corrected chi connectivity index (χ1v) is 10.4. The zero-order valence-corrected chi connectivity index (χ0v) is 17.6. The van der Waals surface area contributed by atoms with Crippen LogP contribution in [0.15, 0.2) is 77.2 Å². The molecule has 164 valence electrons. The standard InChI is InChI=1S/C23H14F3N5OS/c24-23(25,26)17-3-1-4-18(11-17)31-20(12-19(30-31)21-5-2-10-33-21)22(32)29-28-14-16-8-6-15(13-27)7-9-16/h1-12,14H,(H,29,32)/b28-14+. The monoisotopic (exact) mass is 465 g/mol. The number of aromatic nitrogens is 2. The van der Waals surface area contributed by atoms with Crippen molar-refractivity contribution in [3.05, 3.63) is 94.5 Å². The van der Waals surface area contributed by atoms with Gasteiger partial charge in [-0.2, -0.15) is 28.6 Å². The summed E-state index contributed by atoms with van der Waals surface area (Å²) in [7, 11) is 0. The van der Waals surface area contributed by atoms with Crippen molar-refractivity contribution in [1.82, 2.24) is 15.2 Å². The molecule has 0 atom stereocenters. The number of hydrazone groups is 1. The van der Waals surface area contributed by atoms with E-state index >= 15 is 0 Å². The quantitative estimate of drug-likeness (QED) is 0.323. The van der Waals surface area contributed by atoms with Gasteiger partial charge in [0.1, 0.15) is 11.4 Å². The summed E-state index contributed by atoms with van der Waals surface area (Å²) in [6, 6.07) is 18.2. The molecule has 0 unspecified atom stereocenters. The van der Waals surface area contributed by atoms with Crippen molar-refractivity contribution in [2.24, 2.45) is 5.10 Å². The van der Waals surface area contributed by atoms with E-state index < -0.39 is 17.6 Å². The van der Waals surface area contributed by atoms with E-state index in [9.17, 15) is 18.0 Å². The van der Waals surface area contributed by atoms with E-state index in [1.165, 1.54) is 35.8 Å². The lowest BCUT2D eigenvalue weighted by Crippen LogP contribution is -2.21. The number of halogens is 3. The van der Waals surface area contributed by atoms with E-state index in [2.05, 4.69) is 15.6 Å². The molecule has 0 fully saturated rings. The second-order valence-electron chi connectivity index (χ2n) is 6.78. The number of nitrogens with zero attached hydrogens (tertiary/aromatic N) is 4. The summed E-state index contributed by atoms with van der Waals surface area (Å²) in [5.41, 5.74) is 3.23. The van der Waals surface area contributed by atoms with E-state index in [0.29, 0.717) is 16.8 Å². The molecule has 2 aromatic heterocycles. The molecule has 2 heterocycles. The summed E-state index contributed by atoms with van der Waals surface area (Å²) in [5, 5.41) is 19.0. The fourth-order valence-corrected chi connectivity index (χ4v) is 3.65. The average Bonchev–Trinajstić information content (AvgIpc) is 3.49. The summed E-state index contributed by atoms with van der Waals surface area (Å²) < 4.78 is 40.8. The molecule has 2 aromatic carbocycles. The van der Waals surface area contributed by atoms with Crippen molar-refractivity contribution >= 4 is 23.5 Å². The van der Waals surface area contributed by atoms with Gasteiger partial charge >= 0.3 is 6.18 Å². The van der Waals surface area contributed by atoms with Gasteiger partial charge in [-0.1, -0.05) is 24.3 Å². The Kier molecular flexibility index (Phi) is 6.06. The van der Waals surface area contributed by atoms with Crippen molar-refractivity contribution in [1.29, 1.82) is 5.26 Å². The van der Waals surface area contributed by atoms with Crippen LogP contribution in [-0.4, -0.2) is 21.9 Å². The van der Waals surface area contributed by atoms with Gasteiger partial charge in [0.15, 0.2) is 0 Å². The molecule has 6 nitrogen and oxygen atoms in total. The minimum Gasteiger partial charge on any atom is -0.266 e. The fraction of sp³-hybridized carbons (Fsp3) is 0.0435. The van der Waals surface area contributed by atoms with Crippen LogP contribution in [0.4, 0.5) is 13.2 Å². The second kappa shape index (κ2) is 9.10. The fourth-order valence-electron chi connectivity index (χ4n) is 2.96.